The molecule has 3 atom stereocenters. The number of ether oxygens (including phenoxy) is 1. The number of fused-ring (bicyclic) bond motifs is 1. The van der Waals surface area contributed by atoms with Crippen LogP contribution in [-0.4, -0.2) is 43.2 Å². The number of amides is 1. The molecular weight excluding hydrogens is 312 g/mol. The van der Waals surface area contributed by atoms with Gasteiger partial charge < -0.3 is 15.0 Å². The predicted molar refractivity (Wildman–Crippen MR) is 100 cm³/mol. The molecule has 0 radical (unpaired) electrons. The third kappa shape index (κ3) is 5.29. The number of carbonyl (C=O) groups excluding carboxylic acids is 1. The van der Waals surface area contributed by atoms with Gasteiger partial charge in [-0.05, 0) is 43.3 Å². The smallest absolute Gasteiger partial charge is 0.222 e. The molecule has 2 saturated heterocycles. The Morgan fingerprint density at radius 1 is 1.32 bits per heavy atom. The van der Waals surface area contributed by atoms with Crippen molar-refractivity contribution in [1.29, 1.82) is 0 Å². The fourth-order valence-corrected chi connectivity index (χ4v) is 4.07. The standard InChI is InChI=1S/C21H32N2O2/c1-16(2)8-10-23-11-9-19-18(14-23)15-25-20(19)12-21(24)22-13-17-6-4-3-5-7-17/h3-7,16,18-20H,8-15H2,1-2H3,(H,22,24)/t18-,19-,20+/m1/s1. The van der Waals surface area contributed by atoms with Crippen molar-refractivity contribution in [1.82, 2.24) is 10.2 Å². The third-order valence-electron chi connectivity index (χ3n) is 5.62. The van der Waals surface area contributed by atoms with Gasteiger partial charge in [-0.3, -0.25) is 4.79 Å². The van der Waals surface area contributed by atoms with Gasteiger partial charge in [0.05, 0.1) is 19.1 Å². The molecule has 4 heteroatoms. The fraction of sp³-hybridized carbons (Fsp3) is 0.667. The molecular formula is C21H32N2O2. The average molecular weight is 344 g/mol. The Labute approximate surface area is 151 Å². The molecule has 2 heterocycles. The van der Waals surface area contributed by atoms with E-state index in [1.54, 1.807) is 0 Å². The van der Waals surface area contributed by atoms with E-state index in [0.717, 1.165) is 31.2 Å². The van der Waals surface area contributed by atoms with E-state index in [1.165, 1.54) is 19.4 Å². The molecule has 0 bridgehead atoms. The number of likely N-dealkylation sites (tertiary alicyclic amines) is 1. The van der Waals surface area contributed by atoms with Crippen LogP contribution in [0.4, 0.5) is 0 Å². The zero-order valence-corrected chi connectivity index (χ0v) is 15.6. The van der Waals surface area contributed by atoms with E-state index < -0.39 is 0 Å². The van der Waals surface area contributed by atoms with E-state index in [0.29, 0.717) is 24.8 Å². The second-order valence-corrected chi connectivity index (χ2v) is 8.03. The topological polar surface area (TPSA) is 41.6 Å². The van der Waals surface area contributed by atoms with Crippen LogP contribution in [0.25, 0.3) is 0 Å². The maximum absolute atomic E-state index is 12.3. The second-order valence-electron chi connectivity index (χ2n) is 8.03. The highest BCUT2D eigenvalue weighted by Gasteiger charge is 2.41. The summed E-state index contributed by atoms with van der Waals surface area (Å²) in [5.74, 6) is 2.03. The second kappa shape index (κ2) is 8.81. The maximum Gasteiger partial charge on any atom is 0.222 e. The SMILES string of the molecule is CC(C)CCN1CC[C@@H]2[C@@H](CO[C@H]2CC(=O)NCc2ccccc2)C1. The molecule has 138 valence electrons. The third-order valence-corrected chi connectivity index (χ3v) is 5.62. The molecule has 3 rings (SSSR count). The number of hydrogen-bond donors (Lipinski definition) is 1. The van der Waals surface area contributed by atoms with Crippen molar-refractivity contribution in [3.8, 4) is 0 Å². The van der Waals surface area contributed by atoms with Gasteiger partial charge in [-0.15, -0.1) is 0 Å². The molecule has 0 unspecified atom stereocenters. The lowest BCUT2D eigenvalue weighted by atomic mass is 9.83. The quantitative estimate of drug-likeness (QED) is 0.826. The van der Waals surface area contributed by atoms with Crippen molar-refractivity contribution in [3.05, 3.63) is 35.9 Å². The first-order valence-electron chi connectivity index (χ1n) is 9.76. The summed E-state index contributed by atoms with van der Waals surface area (Å²) in [6.07, 6.45) is 3.04. The molecule has 2 fully saturated rings. The van der Waals surface area contributed by atoms with E-state index in [4.69, 9.17) is 4.74 Å². The van der Waals surface area contributed by atoms with Gasteiger partial charge >= 0.3 is 0 Å². The predicted octanol–water partition coefficient (Wildman–Crippen LogP) is 3.08. The molecule has 1 N–H and O–H groups in total. The van der Waals surface area contributed by atoms with Gasteiger partial charge in [0, 0.05) is 19.0 Å². The molecule has 1 aromatic carbocycles. The molecule has 25 heavy (non-hydrogen) atoms. The fourth-order valence-electron chi connectivity index (χ4n) is 4.07. The van der Waals surface area contributed by atoms with E-state index in [1.807, 2.05) is 30.3 Å². The number of hydrogen-bond acceptors (Lipinski definition) is 3. The van der Waals surface area contributed by atoms with Gasteiger partial charge in [-0.2, -0.15) is 0 Å². The van der Waals surface area contributed by atoms with E-state index in [-0.39, 0.29) is 12.0 Å². The first kappa shape index (κ1) is 18.4. The van der Waals surface area contributed by atoms with Gasteiger partial charge in [0.1, 0.15) is 0 Å². The highest BCUT2D eigenvalue weighted by atomic mass is 16.5. The van der Waals surface area contributed by atoms with Gasteiger partial charge in [0.15, 0.2) is 0 Å². The minimum absolute atomic E-state index is 0.105. The number of rotatable bonds is 7. The van der Waals surface area contributed by atoms with E-state index in [9.17, 15) is 4.79 Å². The minimum Gasteiger partial charge on any atom is -0.377 e. The summed E-state index contributed by atoms with van der Waals surface area (Å²) in [7, 11) is 0. The van der Waals surface area contributed by atoms with Crippen molar-refractivity contribution in [2.75, 3.05) is 26.2 Å². The number of benzene rings is 1. The molecule has 1 aromatic rings. The summed E-state index contributed by atoms with van der Waals surface area (Å²) in [6.45, 7) is 9.48. The number of nitrogens with one attached hydrogen (secondary N) is 1. The van der Waals surface area contributed by atoms with E-state index >= 15 is 0 Å². The molecule has 2 aliphatic rings. The zero-order chi connectivity index (χ0) is 17.6. The number of carbonyl (C=O) groups is 1. The van der Waals surface area contributed by atoms with Crippen LogP contribution < -0.4 is 5.32 Å². The van der Waals surface area contributed by atoms with Crippen LogP contribution in [0, 0.1) is 17.8 Å². The first-order valence-corrected chi connectivity index (χ1v) is 9.76. The average Bonchev–Trinajstić information content (AvgIpc) is 3.01. The van der Waals surface area contributed by atoms with Crippen LogP contribution in [-0.2, 0) is 16.1 Å². The normalized spacial score (nSPS) is 26.6. The van der Waals surface area contributed by atoms with Gasteiger partial charge in [-0.25, -0.2) is 0 Å². The molecule has 0 aromatic heterocycles. The number of piperidine rings is 1. The summed E-state index contributed by atoms with van der Waals surface area (Å²) < 4.78 is 6.01. The highest BCUT2D eigenvalue weighted by Crippen LogP contribution is 2.35. The zero-order valence-electron chi connectivity index (χ0n) is 15.6. The van der Waals surface area contributed by atoms with Gasteiger partial charge in [0.25, 0.3) is 0 Å². The summed E-state index contributed by atoms with van der Waals surface area (Å²) in [6, 6.07) is 10.1. The van der Waals surface area contributed by atoms with Crippen molar-refractivity contribution in [2.24, 2.45) is 17.8 Å². The van der Waals surface area contributed by atoms with Crippen LogP contribution in [0.5, 0.6) is 0 Å². The van der Waals surface area contributed by atoms with Crippen LogP contribution in [0.2, 0.25) is 0 Å². The van der Waals surface area contributed by atoms with Crippen molar-refractivity contribution in [2.45, 2.75) is 45.8 Å². The molecule has 2 aliphatic heterocycles. The summed E-state index contributed by atoms with van der Waals surface area (Å²) >= 11 is 0. The van der Waals surface area contributed by atoms with Crippen molar-refractivity contribution >= 4 is 5.91 Å². The van der Waals surface area contributed by atoms with Crippen LogP contribution in [0.1, 0.15) is 38.7 Å². The molecule has 0 saturated carbocycles. The first-order chi connectivity index (χ1) is 12.1. The van der Waals surface area contributed by atoms with Crippen molar-refractivity contribution in [3.63, 3.8) is 0 Å². The highest BCUT2D eigenvalue weighted by molar-refractivity contribution is 5.76. The van der Waals surface area contributed by atoms with Crippen LogP contribution in [0.3, 0.4) is 0 Å². The monoisotopic (exact) mass is 344 g/mol. The van der Waals surface area contributed by atoms with E-state index in [2.05, 4.69) is 24.1 Å². The summed E-state index contributed by atoms with van der Waals surface area (Å²) in [5, 5.41) is 3.03. The lowest BCUT2D eigenvalue weighted by Crippen LogP contribution is -2.42. The Bertz CT molecular complexity index is 546. The van der Waals surface area contributed by atoms with Crippen LogP contribution in [0.15, 0.2) is 30.3 Å². The van der Waals surface area contributed by atoms with Gasteiger partial charge in [-0.1, -0.05) is 44.2 Å². The Kier molecular flexibility index (Phi) is 6.49. The largest absolute Gasteiger partial charge is 0.377 e. The molecule has 0 spiro atoms. The van der Waals surface area contributed by atoms with Crippen molar-refractivity contribution < 1.29 is 9.53 Å². The molecule has 1 amide bonds. The Hall–Kier alpha value is -1.39. The van der Waals surface area contributed by atoms with Crippen LogP contribution >= 0.6 is 0 Å². The lowest BCUT2D eigenvalue weighted by Gasteiger charge is -2.35. The summed E-state index contributed by atoms with van der Waals surface area (Å²) in [5.41, 5.74) is 1.14. The Morgan fingerprint density at radius 3 is 2.88 bits per heavy atom. The molecule has 4 nitrogen and oxygen atoms in total. The Balaban J connectivity index is 1.42. The van der Waals surface area contributed by atoms with Gasteiger partial charge in [0.2, 0.25) is 5.91 Å². The maximum atomic E-state index is 12.3. The minimum atomic E-state index is 0.105. The number of nitrogens with zero attached hydrogens (tertiary/aromatic N) is 1. The lowest BCUT2D eigenvalue weighted by molar-refractivity contribution is -0.124. The summed E-state index contributed by atoms with van der Waals surface area (Å²) in [4.78, 5) is 14.9. The Morgan fingerprint density at radius 2 is 2.12 bits per heavy atom. The molecule has 0 aliphatic carbocycles.